The van der Waals surface area contributed by atoms with Crippen molar-refractivity contribution in [2.24, 2.45) is 10.3 Å². The molecule has 0 saturated heterocycles. The molecule has 19 heavy (non-hydrogen) atoms. The van der Waals surface area contributed by atoms with Crippen LogP contribution in [0.4, 0.5) is 0 Å². The number of benzene rings is 1. The molecule has 100 valence electrons. The van der Waals surface area contributed by atoms with Gasteiger partial charge >= 0.3 is 0 Å². The van der Waals surface area contributed by atoms with Crippen molar-refractivity contribution in [1.29, 1.82) is 0 Å². The van der Waals surface area contributed by atoms with E-state index in [1.165, 1.54) is 30.5 Å². The van der Waals surface area contributed by atoms with Crippen LogP contribution in [0.5, 0.6) is 0 Å². The minimum absolute atomic E-state index is 0.546. The van der Waals surface area contributed by atoms with Crippen molar-refractivity contribution >= 4 is 11.5 Å². The Kier molecular flexibility index (Phi) is 3.49. The second kappa shape index (κ2) is 5.43. The highest BCUT2D eigenvalue weighted by Gasteiger charge is 2.19. The monoisotopic (exact) mass is 257 g/mol. The second-order valence-corrected chi connectivity index (χ2v) is 5.10. The molecule has 0 radical (unpaired) electrons. The van der Waals surface area contributed by atoms with Crippen LogP contribution in [0.25, 0.3) is 0 Å². The average molecular weight is 257 g/mol. The van der Waals surface area contributed by atoms with E-state index >= 15 is 0 Å². The van der Waals surface area contributed by atoms with Crippen molar-refractivity contribution < 1.29 is 4.84 Å². The second-order valence-electron chi connectivity index (χ2n) is 5.10. The van der Waals surface area contributed by atoms with Gasteiger partial charge in [-0.1, -0.05) is 35.8 Å². The highest BCUT2D eigenvalue weighted by atomic mass is 16.6. The Morgan fingerprint density at radius 3 is 2.79 bits per heavy atom. The van der Waals surface area contributed by atoms with Gasteiger partial charge in [-0.05, 0) is 25.7 Å². The molecule has 0 atom stereocenters. The molecule has 2 aliphatic rings. The lowest BCUT2D eigenvalue weighted by molar-refractivity contribution is 0.121. The van der Waals surface area contributed by atoms with E-state index in [0.29, 0.717) is 6.61 Å². The molecule has 1 aliphatic carbocycles. The molecule has 1 aliphatic heterocycles. The Morgan fingerprint density at radius 2 is 1.95 bits per heavy atom. The standard InChI is InChI=1S/C15H19N3O/c1-18(16-13-8-3-2-4-9-13)15-14-10-6-5-7-12(14)11-19-17-15/h5-7,10H,2-4,8-9,11H2,1H3. The van der Waals surface area contributed by atoms with E-state index in [-0.39, 0.29) is 0 Å². The molecule has 1 aromatic carbocycles. The molecule has 1 aromatic rings. The van der Waals surface area contributed by atoms with Gasteiger partial charge in [-0.2, -0.15) is 5.10 Å². The zero-order valence-corrected chi connectivity index (χ0v) is 11.3. The molecule has 0 aromatic heterocycles. The summed E-state index contributed by atoms with van der Waals surface area (Å²) in [7, 11) is 1.95. The van der Waals surface area contributed by atoms with Crippen LogP contribution in [0.2, 0.25) is 0 Å². The number of nitrogens with zero attached hydrogens (tertiary/aromatic N) is 3. The molecule has 0 spiro atoms. The predicted molar refractivity (Wildman–Crippen MR) is 76.1 cm³/mol. The molecule has 4 nitrogen and oxygen atoms in total. The van der Waals surface area contributed by atoms with Crippen molar-refractivity contribution in [2.75, 3.05) is 7.05 Å². The van der Waals surface area contributed by atoms with Crippen molar-refractivity contribution in [3.63, 3.8) is 0 Å². The van der Waals surface area contributed by atoms with E-state index in [1.807, 2.05) is 24.2 Å². The Labute approximate surface area is 113 Å². The van der Waals surface area contributed by atoms with Gasteiger partial charge in [-0.25, -0.2) is 5.01 Å². The maximum absolute atomic E-state index is 5.30. The first-order valence-corrected chi connectivity index (χ1v) is 6.93. The molecule has 0 unspecified atom stereocenters. The molecule has 1 fully saturated rings. The van der Waals surface area contributed by atoms with Crippen LogP contribution in [-0.4, -0.2) is 23.6 Å². The van der Waals surface area contributed by atoms with Crippen molar-refractivity contribution in [3.8, 4) is 0 Å². The number of oxime groups is 1. The summed E-state index contributed by atoms with van der Waals surface area (Å²) in [5.74, 6) is 0.805. The van der Waals surface area contributed by atoms with Gasteiger partial charge in [0.1, 0.15) is 6.61 Å². The van der Waals surface area contributed by atoms with Gasteiger partial charge in [0.05, 0.1) is 0 Å². The van der Waals surface area contributed by atoms with Gasteiger partial charge in [-0.3, -0.25) is 0 Å². The van der Waals surface area contributed by atoms with E-state index in [2.05, 4.69) is 17.3 Å². The van der Waals surface area contributed by atoms with Crippen LogP contribution in [-0.2, 0) is 11.4 Å². The first kappa shape index (κ1) is 12.2. The molecule has 0 amide bonds. The number of rotatable bonds is 1. The molecule has 1 saturated carbocycles. The lowest BCUT2D eigenvalue weighted by atomic mass is 9.99. The summed E-state index contributed by atoms with van der Waals surface area (Å²) < 4.78 is 0. The quantitative estimate of drug-likeness (QED) is 0.725. The summed E-state index contributed by atoms with van der Waals surface area (Å²) in [5, 5.41) is 10.7. The zero-order chi connectivity index (χ0) is 13.1. The summed E-state index contributed by atoms with van der Waals surface area (Å²) in [6, 6.07) is 8.21. The summed E-state index contributed by atoms with van der Waals surface area (Å²) in [6.07, 6.45) is 6.06. The SMILES string of the molecule is CN(N=C1CCCCC1)C1=NOCc2ccccc21. The van der Waals surface area contributed by atoms with Crippen LogP contribution in [0.1, 0.15) is 43.2 Å². The molecule has 1 heterocycles. The average Bonchev–Trinajstić information content (AvgIpc) is 2.47. The fourth-order valence-corrected chi connectivity index (χ4v) is 2.63. The summed E-state index contributed by atoms with van der Waals surface area (Å²) in [4.78, 5) is 5.30. The third-order valence-corrected chi connectivity index (χ3v) is 3.66. The van der Waals surface area contributed by atoms with E-state index < -0.39 is 0 Å². The highest BCUT2D eigenvalue weighted by Crippen LogP contribution is 2.20. The topological polar surface area (TPSA) is 37.2 Å². The Morgan fingerprint density at radius 1 is 1.16 bits per heavy atom. The molecule has 4 heteroatoms. The molecule has 3 rings (SSSR count). The molecular formula is C15H19N3O. The lowest BCUT2D eigenvalue weighted by Gasteiger charge is -2.23. The third kappa shape index (κ3) is 2.62. The molecule has 0 bridgehead atoms. The van der Waals surface area contributed by atoms with Crippen molar-refractivity contribution in [1.82, 2.24) is 5.01 Å². The summed E-state index contributed by atoms with van der Waals surface area (Å²) in [6.45, 7) is 0.546. The largest absolute Gasteiger partial charge is 0.389 e. The van der Waals surface area contributed by atoms with Crippen LogP contribution < -0.4 is 0 Å². The molecule has 0 N–H and O–H groups in total. The maximum atomic E-state index is 5.30. The van der Waals surface area contributed by atoms with Gasteiger partial charge < -0.3 is 4.84 Å². The van der Waals surface area contributed by atoms with E-state index in [0.717, 1.165) is 24.2 Å². The number of fused-ring (bicyclic) bond motifs is 1. The number of hydrogen-bond donors (Lipinski definition) is 0. The highest BCUT2D eigenvalue weighted by molar-refractivity contribution is 6.00. The van der Waals surface area contributed by atoms with Gasteiger partial charge in [-0.15, -0.1) is 0 Å². The van der Waals surface area contributed by atoms with Crippen LogP contribution >= 0.6 is 0 Å². The van der Waals surface area contributed by atoms with Crippen LogP contribution in [0.3, 0.4) is 0 Å². The minimum Gasteiger partial charge on any atom is -0.389 e. The molecular weight excluding hydrogens is 238 g/mol. The van der Waals surface area contributed by atoms with Crippen molar-refractivity contribution in [3.05, 3.63) is 35.4 Å². The number of amidine groups is 1. The smallest absolute Gasteiger partial charge is 0.195 e. The predicted octanol–water partition coefficient (Wildman–Crippen LogP) is 3.13. The first-order chi connectivity index (χ1) is 9.34. The van der Waals surface area contributed by atoms with Crippen LogP contribution in [0, 0.1) is 0 Å². The maximum Gasteiger partial charge on any atom is 0.195 e. The van der Waals surface area contributed by atoms with E-state index in [1.54, 1.807) is 0 Å². The Balaban J connectivity index is 1.83. The minimum atomic E-state index is 0.546. The fourth-order valence-electron chi connectivity index (χ4n) is 2.63. The van der Waals surface area contributed by atoms with E-state index in [9.17, 15) is 0 Å². The fraction of sp³-hybridized carbons (Fsp3) is 0.467. The lowest BCUT2D eigenvalue weighted by Crippen LogP contribution is -2.28. The third-order valence-electron chi connectivity index (χ3n) is 3.66. The van der Waals surface area contributed by atoms with Gasteiger partial charge in [0.25, 0.3) is 0 Å². The Bertz CT molecular complexity index is 514. The van der Waals surface area contributed by atoms with Gasteiger partial charge in [0.2, 0.25) is 0 Å². The first-order valence-electron chi connectivity index (χ1n) is 6.93. The van der Waals surface area contributed by atoms with Crippen molar-refractivity contribution in [2.45, 2.75) is 38.7 Å². The summed E-state index contributed by atoms with van der Waals surface area (Å²) >= 11 is 0. The van der Waals surface area contributed by atoms with Gasteiger partial charge in [0, 0.05) is 23.9 Å². The normalized spacial score (nSPS) is 18.2. The number of hydrazone groups is 1. The zero-order valence-electron chi connectivity index (χ0n) is 11.3. The van der Waals surface area contributed by atoms with Gasteiger partial charge in [0.15, 0.2) is 5.84 Å². The van der Waals surface area contributed by atoms with E-state index in [4.69, 9.17) is 9.94 Å². The number of hydrogen-bond acceptors (Lipinski definition) is 4. The Hall–Kier alpha value is -1.84. The van der Waals surface area contributed by atoms with Crippen LogP contribution in [0.15, 0.2) is 34.5 Å². The summed E-state index contributed by atoms with van der Waals surface area (Å²) in [5.41, 5.74) is 3.57.